The third-order valence-corrected chi connectivity index (χ3v) is 8.00. The number of aryl methyl sites for hydroxylation is 1. The normalized spacial score (nSPS) is 12.6. The zero-order chi connectivity index (χ0) is 24.8. The van der Waals surface area contributed by atoms with Gasteiger partial charge < -0.3 is 14.9 Å². The molecule has 1 heterocycles. The highest BCUT2D eigenvalue weighted by Crippen LogP contribution is 2.40. The Hall–Kier alpha value is -3.04. The van der Waals surface area contributed by atoms with Crippen LogP contribution in [0.5, 0.6) is 5.75 Å². The molecule has 4 aromatic rings. The molecule has 1 aromatic heterocycles. The number of fused-ring (bicyclic) bond motifs is 1. The van der Waals surface area contributed by atoms with Gasteiger partial charge in [0.15, 0.2) is 0 Å². The van der Waals surface area contributed by atoms with Gasteiger partial charge in [0.05, 0.1) is 33.8 Å². The second-order valence-electron chi connectivity index (χ2n) is 7.56. The average Bonchev–Trinajstić information content (AvgIpc) is 3.20. The van der Waals surface area contributed by atoms with Gasteiger partial charge in [-0.15, -0.1) is 0 Å². The van der Waals surface area contributed by atoms with Crippen molar-refractivity contribution in [2.24, 2.45) is 0 Å². The molecule has 0 aliphatic rings. The van der Waals surface area contributed by atoms with Gasteiger partial charge in [0.2, 0.25) is 0 Å². The van der Waals surface area contributed by atoms with Crippen LogP contribution in [-0.2, 0) is 10.0 Å². The largest absolute Gasteiger partial charge is 0.497 e. The zero-order valence-electron chi connectivity index (χ0n) is 18.0. The van der Waals surface area contributed by atoms with Gasteiger partial charge in [-0.25, -0.2) is 17.2 Å². The van der Waals surface area contributed by atoms with E-state index in [2.05, 4.69) is 0 Å². The maximum absolute atomic E-state index is 13.8. The lowest BCUT2D eigenvalue weighted by molar-refractivity contribution is 0.0696. The second-order valence-corrected chi connectivity index (χ2v) is 10.1. The van der Waals surface area contributed by atoms with Crippen LogP contribution in [0.4, 0.5) is 0 Å². The van der Waals surface area contributed by atoms with E-state index in [0.717, 1.165) is 3.97 Å². The van der Waals surface area contributed by atoms with Crippen LogP contribution in [0.1, 0.15) is 33.3 Å². The standard InChI is InChI=1S/C24H19Cl2NO6S/c1-13-10-14(33-2)11-19-17(13)12-20(27(19)34(31,32)15-6-4-3-5-7-15)23(28)21-18(25)9-8-16(22(21)26)24(29)30/h3-12,23,28H,1-2H3,(H,29,30). The lowest BCUT2D eigenvalue weighted by Gasteiger charge is -2.19. The molecule has 176 valence electrons. The summed E-state index contributed by atoms with van der Waals surface area (Å²) in [6.45, 7) is 1.78. The summed E-state index contributed by atoms with van der Waals surface area (Å²) in [5, 5.41) is 21.1. The topological polar surface area (TPSA) is 106 Å². The number of nitrogens with zero attached hydrogens (tertiary/aromatic N) is 1. The summed E-state index contributed by atoms with van der Waals surface area (Å²) in [7, 11) is -2.74. The first-order chi connectivity index (χ1) is 16.1. The first kappa shape index (κ1) is 24.1. The molecular weight excluding hydrogens is 501 g/mol. The minimum atomic E-state index is -4.20. The van der Waals surface area contributed by atoms with Gasteiger partial charge in [0, 0.05) is 22.0 Å². The number of aliphatic hydroxyl groups excluding tert-OH is 1. The molecule has 1 atom stereocenters. The second kappa shape index (κ2) is 8.96. The zero-order valence-corrected chi connectivity index (χ0v) is 20.3. The summed E-state index contributed by atoms with van der Waals surface area (Å²) in [4.78, 5) is 11.6. The highest BCUT2D eigenvalue weighted by molar-refractivity contribution is 7.90. The lowest BCUT2D eigenvalue weighted by Crippen LogP contribution is -2.19. The Morgan fingerprint density at radius 3 is 2.35 bits per heavy atom. The first-order valence-corrected chi connectivity index (χ1v) is 12.2. The minimum Gasteiger partial charge on any atom is -0.497 e. The Kier molecular flexibility index (Phi) is 6.35. The van der Waals surface area contributed by atoms with Crippen molar-refractivity contribution in [3.05, 3.63) is 93.1 Å². The number of aromatic carboxylic acids is 1. The van der Waals surface area contributed by atoms with Crippen molar-refractivity contribution in [2.45, 2.75) is 17.9 Å². The third-order valence-electron chi connectivity index (χ3n) is 5.51. The van der Waals surface area contributed by atoms with Gasteiger partial charge in [0.25, 0.3) is 10.0 Å². The van der Waals surface area contributed by atoms with Crippen LogP contribution in [-0.4, -0.2) is 35.7 Å². The molecule has 0 radical (unpaired) electrons. The number of hydrogen-bond donors (Lipinski definition) is 2. The van der Waals surface area contributed by atoms with E-state index in [0.29, 0.717) is 16.7 Å². The van der Waals surface area contributed by atoms with E-state index in [4.69, 9.17) is 27.9 Å². The van der Waals surface area contributed by atoms with Gasteiger partial charge in [0.1, 0.15) is 11.9 Å². The van der Waals surface area contributed by atoms with Crippen LogP contribution >= 0.6 is 23.2 Å². The quantitative estimate of drug-likeness (QED) is 0.358. The number of hydrogen-bond acceptors (Lipinski definition) is 5. The molecule has 0 saturated carbocycles. The summed E-state index contributed by atoms with van der Waals surface area (Å²) < 4.78 is 33.9. The molecule has 2 N–H and O–H groups in total. The van der Waals surface area contributed by atoms with Crippen LogP contribution in [0.2, 0.25) is 10.0 Å². The minimum absolute atomic E-state index is 0.00194. The van der Waals surface area contributed by atoms with E-state index in [-0.39, 0.29) is 37.3 Å². The van der Waals surface area contributed by atoms with Crippen molar-refractivity contribution in [1.82, 2.24) is 3.97 Å². The molecule has 0 bridgehead atoms. The molecule has 0 aliphatic heterocycles. The van der Waals surface area contributed by atoms with Crippen molar-refractivity contribution < 1.29 is 28.2 Å². The number of aliphatic hydroxyl groups is 1. The Bertz CT molecular complexity index is 1530. The van der Waals surface area contributed by atoms with Gasteiger partial charge in [-0.05, 0) is 48.9 Å². The van der Waals surface area contributed by atoms with Crippen LogP contribution in [0.15, 0.2) is 65.6 Å². The van der Waals surface area contributed by atoms with Gasteiger partial charge in [-0.1, -0.05) is 41.4 Å². The number of methoxy groups -OCH3 is 1. The van der Waals surface area contributed by atoms with E-state index in [1.165, 1.54) is 37.4 Å². The van der Waals surface area contributed by atoms with Crippen LogP contribution in [0.25, 0.3) is 10.9 Å². The highest BCUT2D eigenvalue weighted by atomic mass is 35.5. The first-order valence-electron chi connectivity index (χ1n) is 9.97. The number of carbonyl (C=O) groups is 1. The summed E-state index contributed by atoms with van der Waals surface area (Å²) in [6.07, 6.45) is -1.66. The molecule has 10 heteroatoms. The van der Waals surface area contributed by atoms with Crippen LogP contribution in [0, 0.1) is 6.92 Å². The number of rotatable bonds is 6. The third kappa shape index (κ3) is 3.92. The molecule has 0 saturated heterocycles. The number of aromatic nitrogens is 1. The van der Waals surface area contributed by atoms with Crippen molar-refractivity contribution in [1.29, 1.82) is 0 Å². The molecule has 3 aromatic carbocycles. The summed E-state index contributed by atoms with van der Waals surface area (Å²) in [6, 6.07) is 15.1. The van der Waals surface area contributed by atoms with Crippen molar-refractivity contribution in [2.75, 3.05) is 7.11 Å². The Labute approximate surface area is 205 Å². The maximum Gasteiger partial charge on any atom is 0.337 e. The summed E-state index contributed by atoms with van der Waals surface area (Å²) >= 11 is 12.6. The average molecular weight is 520 g/mol. The van der Waals surface area contributed by atoms with Crippen LogP contribution < -0.4 is 4.74 Å². The number of ether oxygens (including phenoxy) is 1. The molecule has 0 spiro atoms. The van der Waals surface area contributed by atoms with Crippen molar-refractivity contribution >= 4 is 50.1 Å². The number of carboxylic acid groups (broad SMARTS) is 1. The van der Waals surface area contributed by atoms with E-state index >= 15 is 0 Å². The molecule has 1 unspecified atom stereocenters. The summed E-state index contributed by atoms with van der Waals surface area (Å²) in [5.41, 5.74) is 0.547. The molecule has 0 amide bonds. The predicted molar refractivity (Wildman–Crippen MR) is 130 cm³/mol. The SMILES string of the molecule is COc1cc(C)c2cc(C(O)c3c(Cl)ccc(C(=O)O)c3Cl)n(S(=O)(=O)c3ccccc3)c2c1. The smallest absolute Gasteiger partial charge is 0.337 e. The summed E-state index contributed by atoms with van der Waals surface area (Å²) in [5.74, 6) is -0.884. The highest BCUT2D eigenvalue weighted by Gasteiger charge is 2.31. The van der Waals surface area contributed by atoms with E-state index < -0.39 is 22.1 Å². The Balaban J connectivity index is 2.09. The van der Waals surface area contributed by atoms with Gasteiger partial charge in [-0.2, -0.15) is 0 Å². The number of benzene rings is 3. The molecule has 7 nitrogen and oxygen atoms in total. The molecule has 0 fully saturated rings. The molecular formula is C24H19Cl2NO6S. The number of halogens is 2. The fourth-order valence-corrected chi connectivity index (χ4v) is 6.07. The monoisotopic (exact) mass is 519 g/mol. The van der Waals surface area contributed by atoms with E-state index in [1.54, 1.807) is 37.3 Å². The van der Waals surface area contributed by atoms with Crippen molar-refractivity contribution in [3.8, 4) is 5.75 Å². The maximum atomic E-state index is 13.8. The Morgan fingerprint density at radius 2 is 1.74 bits per heavy atom. The molecule has 34 heavy (non-hydrogen) atoms. The van der Waals surface area contributed by atoms with E-state index in [9.17, 15) is 23.4 Å². The molecule has 4 rings (SSSR count). The number of carboxylic acids is 1. The van der Waals surface area contributed by atoms with E-state index in [1.807, 2.05) is 0 Å². The molecule has 0 aliphatic carbocycles. The predicted octanol–water partition coefficient (Wildman–Crippen LogP) is 5.28. The Morgan fingerprint density at radius 1 is 1.06 bits per heavy atom. The van der Waals surface area contributed by atoms with Crippen LogP contribution in [0.3, 0.4) is 0 Å². The fraction of sp³-hybridized carbons (Fsp3) is 0.125. The fourth-order valence-electron chi connectivity index (χ4n) is 3.86. The lowest BCUT2D eigenvalue weighted by atomic mass is 10.0. The van der Waals surface area contributed by atoms with Crippen molar-refractivity contribution in [3.63, 3.8) is 0 Å². The van der Waals surface area contributed by atoms with Gasteiger partial charge >= 0.3 is 5.97 Å². The van der Waals surface area contributed by atoms with Gasteiger partial charge in [-0.3, -0.25) is 0 Å².